The lowest BCUT2D eigenvalue weighted by Crippen LogP contribution is -2.11. The maximum atomic E-state index is 11.7. The molecule has 1 aromatic heterocycles. The summed E-state index contributed by atoms with van der Waals surface area (Å²) in [5, 5.41) is 11.0. The Morgan fingerprint density at radius 1 is 1.53 bits per heavy atom. The standard InChI is InChI=1S/C9H8N2O3S/c1-2-10-9(12)7-5-6(11(13)14)3-4-8(7)15-10/h3-5H,2H2,1H3. The van der Waals surface area contributed by atoms with E-state index in [4.69, 9.17) is 0 Å². The summed E-state index contributed by atoms with van der Waals surface area (Å²) in [5.74, 6) is 0. The molecule has 0 amide bonds. The van der Waals surface area contributed by atoms with E-state index >= 15 is 0 Å². The highest BCUT2D eigenvalue weighted by Crippen LogP contribution is 2.21. The lowest BCUT2D eigenvalue weighted by molar-refractivity contribution is -0.384. The van der Waals surface area contributed by atoms with Gasteiger partial charge in [-0.15, -0.1) is 0 Å². The van der Waals surface area contributed by atoms with Gasteiger partial charge in [-0.25, -0.2) is 0 Å². The van der Waals surface area contributed by atoms with Crippen LogP contribution in [0.1, 0.15) is 6.92 Å². The monoisotopic (exact) mass is 224 g/mol. The van der Waals surface area contributed by atoms with Crippen molar-refractivity contribution >= 4 is 27.3 Å². The topological polar surface area (TPSA) is 65.1 Å². The first-order chi connectivity index (χ1) is 7.13. The van der Waals surface area contributed by atoms with Gasteiger partial charge < -0.3 is 0 Å². The van der Waals surface area contributed by atoms with Crippen LogP contribution in [0.15, 0.2) is 23.0 Å². The third kappa shape index (κ3) is 1.52. The van der Waals surface area contributed by atoms with E-state index in [-0.39, 0.29) is 11.2 Å². The predicted octanol–water partition coefficient (Wildman–Crippen LogP) is 1.99. The van der Waals surface area contributed by atoms with Crippen molar-refractivity contribution in [3.63, 3.8) is 0 Å². The van der Waals surface area contributed by atoms with Gasteiger partial charge in [0.1, 0.15) is 0 Å². The number of nitro benzene ring substituents is 1. The first kappa shape index (κ1) is 9.85. The second kappa shape index (κ2) is 3.47. The number of rotatable bonds is 2. The van der Waals surface area contributed by atoms with Gasteiger partial charge in [0.05, 0.1) is 15.0 Å². The van der Waals surface area contributed by atoms with E-state index in [0.29, 0.717) is 11.9 Å². The van der Waals surface area contributed by atoms with Gasteiger partial charge in [0.2, 0.25) is 0 Å². The van der Waals surface area contributed by atoms with Crippen molar-refractivity contribution in [1.29, 1.82) is 0 Å². The average Bonchev–Trinajstić information content (AvgIpc) is 2.55. The minimum absolute atomic E-state index is 0.0411. The molecule has 0 bridgehead atoms. The van der Waals surface area contributed by atoms with Gasteiger partial charge in [-0.3, -0.25) is 18.9 Å². The molecule has 1 aromatic carbocycles. The van der Waals surface area contributed by atoms with E-state index in [1.165, 1.54) is 23.7 Å². The molecule has 0 unspecified atom stereocenters. The van der Waals surface area contributed by atoms with Gasteiger partial charge in [-0.2, -0.15) is 0 Å². The fraction of sp³-hybridized carbons (Fsp3) is 0.222. The molecule has 0 aliphatic heterocycles. The third-order valence-corrected chi connectivity index (χ3v) is 3.32. The average molecular weight is 224 g/mol. The van der Waals surface area contributed by atoms with E-state index in [1.807, 2.05) is 6.92 Å². The molecule has 1 heterocycles. The molecule has 2 rings (SSSR count). The lowest BCUT2D eigenvalue weighted by atomic mass is 10.2. The summed E-state index contributed by atoms with van der Waals surface area (Å²) in [6.45, 7) is 2.46. The van der Waals surface area contributed by atoms with Crippen LogP contribution in [0.4, 0.5) is 5.69 Å². The molecule has 78 valence electrons. The Labute approximate surface area is 88.9 Å². The quantitative estimate of drug-likeness (QED) is 0.578. The molecular weight excluding hydrogens is 216 g/mol. The van der Waals surface area contributed by atoms with Crippen LogP contribution in [0.2, 0.25) is 0 Å². The number of nitrogens with zero attached hydrogens (tertiary/aromatic N) is 2. The van der Waals surface area contributed by atoms with Crippen molar-refractivity contribution in [3.05, 3.63) is 38.7 Å². The Morgan fingerprint density at radius 3 is 2.87 bits per heavy atom. The first-order valence-corrected chi connectivity index (χ1v) is 5.19. The van der Waals surface area contributed by atoms with Gasteiger partial charge in [-0.1, -0.05) is 11.5 Å². The number of nitro groups is 1. The van der Waals surface area contributed by atoms with E-state index < -0.39 is 4.92 Å². The van der Waals surface area contributed by atoms with E-state index in [0.717, 1.165) is 4.70 Å². The van der Waals surface area contributed by atoms with Crippen LogP contribution in [0.5, 0.6) is 0 Å². The van der Waals surface area contributed by atoms with Crippen molar-refractivity contribution in [1.82, 2.24) is 3.96 Å². The third-order valence-electron chi connectivity index (χ3n) is 2.13. The number of hydrogen-bond acceptors (Lipinski definition) is 4. The molecule has 6 heteroatoms. The number of aryl methyl sites for hydroxylation is 1. The van der Waals surface area contributed by atoms with Crippen molar-refractivity contribution in [2.24, 2.45) is 0 Å². The summed E-state index contributed by atoms with van der Waals surface area (Å²) in [7, 11) is 0. The number of fused-ring (bicyclic) bond motifs is 1. The maximum Gasteiger partial charge on any atom is 0.270 e. The Balaban J connectivity index is 2.76. The van der Waals surface area contributed by atoms with Crippen LogP contribution in [-0.2, 0) is 6.54 Å². The lowest BCUT2D eigenvalue weighted by Gasteiger charge is -1.88. The molecule has 0 spiro atoms. The normalized spacial score (nSPS) is 10.7. The van der Waals surface area contributed by atoms with Gasteiger partial charge in [0, 0.05) is 18.7 Å². The first-order valence-electron chi connectivity index (χ1n) is 4.41. The van der Waals surface area contributed by atoms with Crippen molar-refractivity contribution in [2.75, 3.05) is 0 Å². The van der Waals surface area contributed by atoms with Gasteiger partial charge in [-0.05, 0) is 13.0 Å². The summed E-state index contributed by atoms with van der Waals surface area (Å²) in [6, 6.07) is 4.37. The molecule has 0 aliphatic rings. The molecule has 2 aromatic rings. The van der Waals surface area contributed by atoms with E-state index in [9.17, 15) is 14.9 Å². The van der Waals surface area contributed by atoms with Crippen LogP contribution in [0.3, 0.4) is 0 Å². The van der Waals surface area contributed by atoms with Crippen molar-refractivity contribution in [3.8, 4) is 0 Å². The second-order valence-corrected chi connectivity index (χ2v) is 4.09. The SMILES string of the molecule is CCn1sc2ccc([N+](=O)[O-])cc2c1=O. The number of benzene rings is 1. The van der Waals surface area contributed by atoms with Gasteiger partial charge in [0.25, 0.3) is 11.2 Å². The molecule has 0 N–H and O–H groups in total. The van der Waals surface area contributed by atoms with E-state index in [2.05, 4.69) is 0 Å². The highest BCUT2D eigenvalue weighted by Gasteiger charge is 2.11. The van der Waals surface area contributed by atoms with Crippen LogP contribution in [0.25, 0.3) is 10.1 Å². The smallest absolute Gasteiger partial charge is 0.268 e. The number of non-ortho nitro benzene ring substituents is 1. The van der Waals surface area contributed by atoms with Crippen molar-refractivity contribution < 1.29 is 4.92 Å². The molecule has 0 atom stereocenters. The van der Waals surface area contributed by atoms with Crippen LogP contribution in [-0.4, -0.2) is 8.88 Å². The van der Waals surface area contributed by atoms with E-state index in [1.54, 1.807) is 10.0 Å². The largest absolute Gasteiger partial charge is 0.270 e. The minimum Gasteiger partial charge on any atom is -0.268 e. The summed E-state index contributed by atoms with van der Waals surface area (Å²) in [6.07, 6.45) is 0. The summed E-state index contributed by atoms with van der Waals surface area (Å²) >= 11 is 1.33. The molecule has 0 radical (unpaired) electrons. The zero-order valence-electron chi connectivity index (χ0n) is 7.97. The zero-order chi connectivity index (χ0) is 11.0. The fourth-order valence-electron chi connectivity index (χ4n) is 1.38. The van der Waals surface area contributed by atoms with Crippen LogP contribution in [0, 0.1) is 10.1 Å². The molecule has 0 saturated heterocycles. The Morgan fingerprint density at radius 2 is 2.27 bits per heavy atom. The highest BCUT2D eigenvalue weighted by atomic mass is 32.1. The Kier molecular flexibility index (Phi) is 2.28. The maximum absolute atomic E-state index is 11.7. The molecule has 15 heavy (non-hydrogen) atoms. The molecule has 0 aliphatic carbocycles. The fourth-order valence-corrected chi connectivity index (χ4v) is 2.30. The number of aromatic nitrogens is 1. The predicted molar refractivity (Wildman–Crippen MR) is 58.4 cm³/mol. The zero-order valence-corrected chi connectivity index (χ0v) is 8.78. The Hall–Kier alpha value is -1.69. The van der Waals surface area contributed by atoms with Crippen LogP contribution >= 0.6 is 11.5 Å². The molecular formula is C9H8N2O3S. The molecule has 5 nitrogen and oxygen atoms in total. The summed E-state index contributed by atoms with van der Waals surface area (Å²) in [4.78, 5) is 21.7. The summed E-state index contributed by atoms with van der Waals surface area (Å²) < 4.78 is 2.36. The summed E-state index contributed by atoms with van der Waals surface area (Å²) in [5.41, 5.74) is -0.193. The van der Waals surface area contributed by atoms with Gasteiger partial charge in [0.15, 0.2) is 0 Å². The number of hydrogen-bond donors (Lipinski definition) is 0. The highest BCUT2D eigenvalue weighted by molar-refractivity contribution is 7.13. The Bertz CT molecular complexity index is 585. The second-order valence-electron chi connectivity index (χ2n) is 3.03. The van der Waals surface area contributed by atoms with Crippen LogP contribution < -0.4 is 5.56 Å². The molecule has 0 saturated carbocycles. The molecule has 0 fully saturated rings. The minimum atomic E-state index is -0.493. The van der Waals surface area contributed by atoms with Crippen molar-refractivity contribution in [2.45, 2.75) is 13.5 Å². The van der Waals surface area contributed by atoms with Gasteiger partial charge >= 0.3 is 0 Å².